The Morgan fingerprint density at radius 1 is 1.10 bits per heavy atom. The SMILES string of the molecule is CCc1ccc(C(Cc2cccc(O)c2)C(=O)O)cc1. The zero-order valence-electron chi connectivity index (χ0n) is 11.4. The first-order valence-corrected chi connectivity index (χ1v) is 6.69. The van der Waals surface area contributed by atoms with Crippen LogP contribution in [0.25, 0.3) is 0 Å². The molecular weight excluding hydrogens is 252 g/mol. The van der Waals surface area contributed by atoms with Crippen LogP contribution >= 0.6 is 0 Å². The Labute approximate surface area is 118 Å². The van der Waals surface area contributed by atoms with Gasteiger partial charge in [-0.3, -0.25) is 4.79 Å². The van der Waals surface area contributed by atoms with Gasteiger partial charge in [0.05, 0.1) is 5.92 Å². The molecule has 2 N–H and O–H groups in total. The van der Waals surface area contributed by atoms with Crippen molar-refractivity contribution in [3.05, 3.63) is 65.2 Å². The van der Waals surface area contributed by atoms with Crippen molar-refractivity contribution in [2.45, 2.75) is 25.7 Å². The first-order valence-electron chi connectivity index (χ1n) is 6.69. The minimum absolute atomic E-state index is 0.160. The van der Waals surface area contributed by atoms with Crippen molar-refractivity contribution in [3.63, 3.8) is 0 Å². The van der Waals surface area contributed by atoms with Crippen LogP contribution in [0.2, 0.25) is 0 Å². The van der Waals surface area contributed by atoms with Crippen LogP contribution in [0.5, 0.6) is 5.75 Å². The second kappa shape index (κ2) is 6.24. The molecule has 0 saturated carbocycles. The third-order valence-electron chi connectivity index (χ3n) is 3.44. The summed E-state index contributed by atoms with van der Waals surface area (Å²) in [6.07, 6.45) is 1.31. The van der Waals surface area contributed by atoms with E-state index in [1.807, 2.05) is 30.3 Å². The first-order chi connectivity index (χ1) is 9.60. The molecule has 0 fully saturated rings. The lowest BCUT2D eigenvalue weighted by Crippen LogP contribution is -2.14. The van der Waals surface area contributed by atoms with Gasteiger partial charge in [0.15, 0.2) is 0 Å². The summed E-state index contributed by atoms with van der Waals surface area (Å²) in [5.41, 5.74) is 2.80. The highest BCUT2D eigenvalue weighted by Gasteiger charge is 2.20. The number of carboxylic acid groups (broad SMARTS) is 1. The van der Waals surface area contributed by atoms with Gasteiger partial charge in [0.1, 0.15) is 5.75 Å². The highest BCUT2D eigenvalue weighted by atomic mass is 16.4. The van der Waals surface area contributed by atoms with E-state index in [0.29, 0.717) is 6.42 Å². The molecule has 0 heterocycles. The fourth-order valence-corrected chi connectivity index (χ4v) is 2.25. The molecule has 0 aliphatic heterocycles. The Bertz CT molecular complexity index is 587. The van der Waals surface area contributed by atoms with Crippen molar-refractivity contribution in [2.24, 2.45) is 0 Å². The van der Waals surface area contributed by atoms with Gasteiger partial charge in [-0.2, -0.15) is 0 Å². The molecular formula is C17H18O3. The number of rotatable bonds is 5. The summed E-state index contributed by atoms with van der Waals surface area (Å²) in [4.78, 5) is 11.5. The van der Waals surface area contributed by atoms with Crippen LogP contribution in [0, 0.1) is 0 Å². The Balaban J connectivity index is 2.24. The van der Waals surface area contributed by atoms with Crippen LogP contribution < -0.4 is 0 Å². The van der Waals surface area contributed by atoms with Gasteiger partial charge in [-0.05, 0) is 41.7 Å². The normalized spacial score (nSPS) is 12.1. The number of aromatic hydroxyl groups is 1. The van der Waals surface area contributed by atoms with Gasteiger partial charge in [0, 0.05) is 0 Å². The smallest absolute Gasteiger partial charge is 0.311 e. The Morgan fingerprint density at radius 3 is 2.35 bits per heavy atom. The van der Waals surface area contributed by atoms with Crippen LogP contribution in [0.4, 0.5) is 0 Å². The molecule has 3 nitrogen and oxygen atoms in total. The van der Waals surface area contributed by atoms with E-state index in [4.69, 9.17) is 0 Å². The molecule has 0 spiro atoms. The van der Waals surface area contributed by atoms with Gasteiger partial charge >= 0.3 is 5.97 Å². The third-order valence-corrected chi connectivity index (χ3v) is 3.44. The minimum Gasteiger partial charge on any atom is -0.508 e. The minimum atomic E-state index is -0.849. The molecule has 1 atom stereocenters. The number of aliphatic carboxylic acids is 1. The topological polar surface area (TPSA) is 57.5 Å². The van der Waals surface area contributed by atoms with Crippen molar-refractivity contribution in [1.82, 2.24) is 0 Å². The van der Waals surface area contributed by atoms with Gasteiger partial charge in [-0.15, -0.1) is 0 Å². The number of phenolic OH excluding ortho intramolecular Hbond substituents is 1. The molecule has 1 unspecified atom stereocenters. The van der Waals surface area contributed by atoms with E-state index in [1.54, 1.807) is 18.2 Å². The maximum Gasteiger partial charge on any atom is 0.311 e. The molecule has 104 valence electrons. The fourth-order valence-electron chi connectivity index (χ4n) is 2.25. The van der Waals surface area contributed by atoms with Crippen molar-refractivity contribution in [3.8, 4) is 5.75 Å². The summed E-state index contributed by atoms with van der Waals surface area (Å²) in [6, 6.07) is 14.4. The Morgan fingerprint density at radius 2 is 1.80 bits per heavy atom. The molecule has 2 aromatic rings. The summed E-state index contributed by atoms with van der Waals surface area (Å²) in [5, 5.41) is 18.9. The van der Waals surface area contributed by atoms with Gasteiger partial charge < -0.3 is 10.2 Å². The van der Waals surface area contributed by atoms with Crippen LogP contribution in [-0.4, -0.2) is 16.2 Å². The van der Waals surface area contributed by atoms with Gasteiger partial charge in [-0.25, -0.2) is 0 Å². The maximum atomic E-state index is 11.5. The summed E-state index contributed by atoms with van der Waals surface area (Å²) in [6.45, 7) is 2.07. The molecule has 0 saturated heterocycles. The second-order valence-electron chi connectivity index (χ2n) is 4.86. The zero-order valence-corrected chi connectivity index (χ0v) is 11.4. The van der Waals surface area contributed by atoms with E-state index >= 15 is 0 Å². The predicted octanol–water partition coefficient (Wildman–Crippen LogP) is 3.37. The highest BCUT2D eigenvalue weighted by Crippen LogP contribution is 2.23. The average Bonchev–Trinajstić information content (AvgIpc) is 2.45. The van der Waals surface area contributed by atoms with Crippen molar-refractivity contribution >= 4 is 5.97 Å². The molecule has 2 rings (SSSR count). The van der Waals surface area contributed by atoms with E-state index in [9.17, 15) is 15.0 Å². The summed E-state index contributed by atoms with van der Waals surface area (Å²) >= 11 is 0. The second-order valence-corrected chi connectivity index (χ2v) is 4.86. The first kappa shape index (κ1) is 14.1. The standard InChI is InChI=1S/C17H18O3/c1-2-12-6-8-14(9-7-12)16(17(19)20)11-13-4-3-5-15(18)10-13/h3-10,16,18H,2,11H2,1H3,(H,19,20). The molecule has 2 aromatic carbocycles. The van der Waals surface area contributed by atoms with E-state index in [1.165, 1.54) is 5.56 Å². The van der Waals surface area contributed by atoms with Gasteiger partial charge in [-0.1, -0.05) is 43.3 Å². The van der Waals surface area contributed by atoms with Crippen molar-refractivity contribution < 1.29 is 15.0 Å². The van der Waals surface area contributed by atoms with Crippen LogP contribution in [0.3, 0.4) is 0 Å². The van der Waals surface area contributed by atoms with Gasteiger partial charge in [0.25, 0.3) is 0 Å². The Kier molecular flexibility index (Phi) is 4.41. The number of aryl methyl sites for hydroxylation is 1. The number of benzene rings is 2. The van der Waals surface area contributed by atoms with Crippen molar-refractivity contribution in [1.29, 1.82) is 0 Å². The Hall–Kier alpha value is -2.29. The van der Waals surface area contributed by atoms with Gasteiger partial charge in [0.2, 0.25) is 0 Å². The third kappa shape index (κ3) is 3.38. The fraction of sp³-hybridized carbons (Fsp3) is 0.235. The molecule has 3 heteroatoms. The van der Waals surface area contributed by atoms with Crippen LogP contribution in [0.1, 0.15) is 29.5 Å². The summed E-state index contributed by atoms with van der Waals surface area (Å²) < 4.78 is 0. The van der Waals surface area contributed by atoms with E-state index < -0.39 is 11.9 Å². The average molecular weight is 270 g/mol. The summed E-state index contributed by atoms with van der Waals surface area (Å²) in [7, 11) is 0. The van der Waals surface area contributed by atoms with E-state index in [2.05, 4.69) is 6.92 Å². The monoisotopic (exact) mass is 270 g/mol. The molecule has 0 aromatic heterocycles. The molecule has 0 aliphatic carbocycles. The number of hydrogen-bond donors (Lipinski definition) is 2. The largest absolute Gasteiger partial charge is 0.508 e. The lowest BCUT2D eigenvalue weighted by atomic mass is 9.91. The highest BCUT2D eigenvalue weighted by molar-refractivity contribution is 5.76. The molecule has 20 heavy (non-hydrogen) atoms. The zero-order chi connectivity index (χ0) is 14.5. The van der Waals surface area contributed by atoms with Crippen LogP contribution in [0.15, 0.2) is 48.5 Å². The summed E-state index contributed by atoms with van der Waals surface area (Å²) in [5.74, 6) is -1.28. The molecule has 0 amide bonds. The molecule has 0 aliphatic rings. The van der Waals surface area contributed by atoms with Crippen LogP contribution in [-0.2, 0) is 17.6 Å². The van der Waals surface area contributed by atoms with E-state index in [0.717, 1.165) is 17.5 Å². The quantitative estimate of drug-likeness (QED) is 0.875. The maximum absolute atomic E-state index is 11.5. The lowest BCUT2D eigenvalue weighted by Gasteiger charge is -2.13. The number of carbonyl (C=O) groups is 1. The molecule has 0 radical (unpaired) electrons. The number of hydrogen-bond acceptors (Lipinski definition) is 2. The lowest BCUT2D eigenvalue weighted by molar-refractivity contribution is -0.138. The van der Waals surface area contributed by atoms with Crippen molar-refractivity contribution in [2.75, 3.05) is 0 Å². The van der Waals surface area contributed by atoms with E-state index in [-0.39, 0.29) is 5.75 Å². The predicted molar refractivity (Wildman–Crippen MR) is 78.0 cm³/mol. The number of carboxylic acids is 1. The molecule has 0 bridgehead atoms. The number of phenols is 1.